The van der Waals surface area contributed by atoms with Gasteiger partial charge in [0.05, 0.1) is 12.7 Å². The number of aliphatic hydroxyl groups is 1. The van der Waals surface area contributed by atoms with Crippen LogP contribution in [0.1, 0.15) is 10.4 Å². The van der Waals surface area contributed by atoms with Crippen molar-refractivity contribution < 1.29 is 14.6 Å². The van der Waals surface area contributed by atoms with Crippen LogP contribution in [-0.4, -0.2) is 37.4 Å². The Bertz CT molecular complexity index is 340. The zero-order valence-corrected chi connectivity index (χ0v) is 11.1. The number of aliphatic hydroxyl groups excluding tert-OH is 1. The van der Waals surface area contributed by atoms with Gasteiger partial charge in [-0.15, -0.1) is 0 Å². The molecule has 16 heavy (non-hydrogen) atoms. The molecule has 1 atom stereocenters. The van der Waals surface area contributed by atoms with Gasteiger partial charge in [0.1, 0.15) is 0 Å². The average molecular weight is 335 g/mol. The highest BCUT2D eigenvalue weighted by molar-refractivity contribution is 14.1. The number of benzene rings is 1. The van der Waals surface area contributed by atoms with Gasteiger partial charge in [0, 0.05) is 22.8 Å². The molecule has 0 saturated carbocycles. The van der Waals surface area contributed by atoms with Crippen molar-refractivity contribution in [3.63, 3.8) is 0 Å². The van der Waals surface area contributed by atoms with Crippen molar-refractivity contribution >= 4 is 28.5 Å². The Morgan fingerprint density at radius 1 is 1.50 bits per heavy atom. The highest BCUT2D eigenvalue weighted by Gasteiger charge is 2.08. The molecule has 1 unspecified atom stereocenters. The van der Waals surface area contributed by atoms with E-state index in [2.05, 4.69) is 27.9 Å². The normalized spacial score (nSPS) is 12.2. The van der Waals surface area contributed by atoms with Crippen molar-refractivity contribution in [2.24, 2.45) is 0 Å². The van der Waals surface area contributed by atoms with E-state index >= 15 is 0 Å². The summed E-state index contributed by atoms with van der Waals surface area (Å²) < 4.78 is 5.83. The highest BCUT2D eigenvalue weighted by Crippen LogP contribution is 2.06. The predicted octanol–water partition coefficient (Wildman–Crippen LogP) is 1.03. The SMILES string of the molecule is COCC(O)CNC(=O)c1ccc(I)cc1. The third-order valence-electron chi connectivity index (χ3n) is 1.96. The standard InChI is InChI=1S/C11H14INO3/c1-16-7-10(14)6-13-11(15)8-2-4-9(12)5-3-8/h2-5,10,14H,6-7H2,1H3,(H,13,15). The molecule has 1 rings (SSSR count). The number of halogens is 1. The minimum atomic E-state index is -0.669. The summed E-state index contributed by atoms with van der Waals surface area (Å²) in [5, 5.41) is 12.0. The first-order chi connectivity index (χ1) is 7.63. The van der Waals surface area contributed by atoms with E-state index in [0.717, 1.165) is 3.57 Å². The molecule has 0 aliphatic heterocycles. The second-order valence-electron chi connectivity index (χ2n) is 3.33. The first-order valence-corrected chi connectivity index (χ1v) is 5.92. The summed E-state index contributed by atoms with van der Waals surface area (Å²) in [6.07, 6.45) is -0.669. The second kappa shape index (κ2) is 6.82. The molecule has 0 saturated heterocycles. The van der Waals surface area contributed by atoms with Crippen molar-refractivity contribution in [2.45, 2.75) is 6.10 Å². The van der Waals surface area contributed by atoms with Gasteiger partial charge in [0.15, 0.2) is 0 Å². The molecule has 0 spiro atoms. The van der Waals surface area contributed by atoms with Crippen LogP contribution < -0.4 is 5.32 Å². The fourth-order valence-corrected chi connectivity index (χ4v) is 1.52. The lowest BCUT2D eigenvalue weighted by Crippen LogP contribution is -2.34. The van der Waals surface area contributed by atoms with Crippen LogP contribution >= 0.6 is 22.6 Å². The minimum absolute atomic E-state index is 0.188. The molecule has 0 bridgehead atoms. The molecular weight excluding hydrogens is 321 g/mol. The van der Waals surface area contributed by atoms with Gasteiger partial charge in [-0.3, -0.25) is 4.79 Å². The molecule has 1 aromatic carbocycles. The van der Waals surface area contributed by atoms with Crippen LogP contribution in [0.25, 0.3) is 0 Å². The first-order valence-electron chi connectivity index (χ1n) is 4.84. The number of hydrogen-bond acceptors (Lipinski definition) is 3. The Balaban J connectivity index is 2.43. The molecule has 88 valence electrons. The van der Waals surface area contributed by atoms with Crippen LogP contribution in [0, 0.1) is 3.57 Å². The van der Waals surface area contributed by atoms with Gasteiger partial charge in [-0.2, -0.15) is 0 Å². The lowest BCUT2D eigenvalue weighted by molar-refractivity contribution is 0.0610. The molecule has 1 aromatic rings. The number of amides is 1. The van der Waals surface area contributed by atoms with Crippen molar-refractivity contribution in [2.75, 3.05) is 20.3 Å². The van der Waals surface area contributed by atoms with Gasteiger partial charge in [-0.1, -0.05) is 0 Å². The summed E-state index contributed by atoms with van der Waals surface area (Å²) in [6, 6.07) is 7.22. The maximum Gasteiger partial charge on any atom is 0.251 e. The molecule has 0 fully saturated rings. The van der Waals surface area contributed by atoms with Gasteiger partial charge >= 0.3 is 0 Å². The number of methoxy groups -OCH3 is 1. The van der Waals surface area contributed by atoms with Crippen LogP contribution in [-0.2, 0) is 4.74 Å². The molecule has 1 amide bonds. The second-order valence-corrected chi connectivity index (χ2v) is 4.57. The van der Waals surface area contributed by atoms with E-state index in [4.69, 9.17) is 4.74 Å². The van der Waals surface area contributed by atoms with E-state index in [1.54, 1.807) is 12.1 Å². The highest BCUT2D eigenvalue weighted by atomic mass is 127. The summed E-state index contributed by atoms with van der Waals surface area (Å²) in [6.45, 7) is 0.408. The maximum absolute atomic E-state index is 11.6. The molecule has 5 heteroatoms. The Hall–Kier alpha value is -0.660. The van der Waals surface area contributed by atoms with E-state index in [-0.39, 0.29) is 19.1 Å². The van der Waals surface area contributed by atoms with Gasteiger partial charge in [0.25, 0.3) is 5.91 Å². The zero-order valence-electron chi connectivity index (χ0n) is 8.94. The summed E-state index contributed by atoms with van der Waals surface area (Å²) in [5.41, 5.74) is 0.588. The van der Waals surface area contributed by atoms with Gasteiger partial charge in [-0.25, -0.2) is 0 Å². The number of ether oxygens (including phenoxy) is 1. The van der Waals surface area contributed by atoms with E-state index in [1.165, 1.54) is 7.11 Å². The molecule has 0 aliphatic rings. The Labute approximate surface area is 108 Å². The lowest BCUT2D eigenvalue weighted by atomic mass is 10.2. The van der Waals surface area contributed by atoms with Crippen molar-refractivity contribution in [1.82, 2.24) is 5.32 Å². The lowest BCUT2D eigenvalue weighted by Gasteiger charge is -2.10. The van der Waals surface area contributed by atoms with Gasteiger partial charge in [-0.05, 0) is 46.9 Å². The fourth-order valence-electron chi connectivity index (χ4n) is 1.17. The fraction of sp³-hybridized carbons (Fsp3) is 0.364. The summed E-state index contributed by atoms with van der Waals surface area (Å²) >= 11 is 2.17. The number of hydrogen-bond donors (Lipinski definition) is 2. The zero-order chi connectivity index (χ0) is 12.0. The van der Waals surface area contributed by atoms with Crippen LogP contribution in [0.5, 0.6) is 0 Å². The third kappa shape index (κ3) is 4.46. The Kier molecular flexibility index (Phi) is 5.72. The Morgan fingerprint density at radius 2 is 2.12 bits per heavy atom. The minimum Gasteiger partial charge on any atom is -0.389 e. The topological polar surface area (TPSA) is 58.6 Å². The summed E-state index contributed by atoms with van der Waals surface area (Å²) in [7, 11) is 1.50. The van der Waals surface area contributed by atoms with Crippen LogP contribution in [0.2, 0.25) is 0 Å². The molecular formula is C11H14INO3. The monoisotopic (exact) mass is 335 g/mol. The Morgan fingerprint density at radius 3 is 2.69 bits per heavy atom. The van der Waals surface area contributed by atoms with E-state index in [9.17, 15) is 9.90 Å². The molecule has 2 N–H and O–H groups in total. The third-order valence-corrected chi connectivity index (χ3v) is 2.68. The largest absolute Gasteiger partial charge is 0.389 e. The molecule has 0 aliphatic carbocycles. The van der Waals surface area contributed by atoms with E-state index in [1.807, 2.05) is 12.1 Å². The molecule has 4 nitrogen and oxygen atoms in total. The number of nitrogens with one attached hydrogen (secondary N) is 1. The number of carbonyl (C=O) groups is 1. The quantitative estimate of drug-likeness (QED) is 0.791. The molecule has 0 heterocycles. The molecule has 0 aromatic heterocycles. The number of rotatable bonds is 5. The van der Waals surface area contributed by atoms with Gasteiger partial charge < -0.3 is 15.2 Å². The molecule has 0 radical (unpaired) electrons. The summed E-state index contributed by atoms with van der Waals surface area (Å²) in [5.74, 6) is -0.188. The van der Waals surface area contributed by atoms with Crippen molar-refractivity contribution in [1.29, 1.82) is 0 Å². The van der Waals surface area contributed by atoms with Gasteiger partial charge in [0.2, 0.25) is 0 Å². The van der Waals surface area contributed by atoms with Crippen LogP contribution in [0.4, 0.5) is 0 Å². The average Bonchev–Trinajstić information content (AvgIpc) is 2.27. The van der Waals surface area contributed by atoms with Crippen LogP contribution in [0.3, 0.4) is 0 Å². The van der Waals surface area contributed by atoms with Crippen molar-refractivity contribution in [3.8, 4) is 0 Å². The summed E-state index contributed by atoms with van der Waals surface area (Å²) in [4.78, 5) is 11.6. The first kappa shape index (κ1) is 13.4. The smallest absolute Gasteiger partial charge is 0.251 e. The van der Waals surface area contributed by atoms with Crippen LogP contribution in [0.15, 0.2) is 24.3 Å². The van der Waals surface area contributed by atoms with E-state index < -0.39 is 6.10 Å². The predicted molar refractivity (Wildman–Crippen MR) is 69.4 cm³/mol. The van der Waals surface area contributed by atoms with Crippen molar-refractivity contribution in [3.05, 3.63) is 33.4 Å². The van der Waals surface area contributed by atoms with E-state index in [0.29, 0.717) is 5.56 Å². The number of carbonyl (C=O) groups excluding carboxylic acids is 1. The maximum atomic E-state index is 11.6.